The first-order valence-electron chi connectivity index (χ1n) is 8.33. The molecule has 23 heavy (non-hydrogen) atoms. The van der Waals surface area contributed by atoms with Gasteiger partial charge in [-0.05, 0) is 42.3 Å². The molecule has 2 atom stereocenters. The molecule has 0 bridgehead atoms. The average Bonchev–Trinajstić information content (AvgIpc) is 3.04. The van der Waals surface area contributed by atoms with Gasteiger partial charge in [-0.15, -0.1) is 11.3 Å². The van der Waals surface area contributed by atoms with E-state index in [1.807, 2.05) is 36.5 Å². The number of fused-ring (bicyclic) bond motifs is 1. The fourth-order valence-electron chi connectivity index (χ4n) is 3.41. The van der Waals surface area contributed by atoms with Gasteiger partial charge in [0.05, 0.1) is 12.6 Å². The van der Waals surface area contributed by atoms with E-state index in [0.717, 1.165) is 24.9 Å². The van der Waals surface area contributed by atoms with E-state index in [1.54, 1.807) is 0 Å². The lowest BCUT2D eigenvalue weighted by molar-refractivity contribution is -0.123. The molecule has 0 radical (unpaired) electrons. The van der Waals surface area contributed by atoms with E-state index in [4.69, 9.17) is 0 Å². The van der Waals surface area contributed by atoms with Crippen LogP contribution in [0.2, 0.25) is 0 Å². The molecule has 2 aromatic rings. The molecular weight excluding hydrogens is 304 g/mol. The van der Waals surface area contributed by atoms with Crippen molar-refractivity contribution >= 4 is 17.2 Å². The van der Waals surface area contributed by atoms with Gasteiger partial charge in [0, 0.05) is 17.5 Å². The van der Waals surface area contributed by atoms with E-state index in [1.165, 1.54) is 10.4 Å². The summed E-state index contributed by atoms with van der Waals surface area (Å²) in [5.41, 5.74) is 2.57. The van der Waals surface area contributed by atoms with Crippen molar-refractivity contribution in [3.63, 3.8) is 0 Å². The number of hydrogen-bond acceptors (Lipinski definition) is 3. The van der Waals surface area contributed by atoms with Crippen molar-refractivity contribution in [2.45, 2.75) is 38.8 Å². The molecular formula is C19H24N2OS. The van der Waals surface area contributed by atoms with E-state index in [9.17, 15) is 4.79 Å². The molecule has 1 aliphatic rings. The monoisotopic (exact) mass is 328 g/mol. The van der Waals surface area contributed by atoms with Gasteiger partial charge in [-0.25, -0.2) is 0 Å². The number of carbonyl (C=O) groups is 1. The van der Waals surface area contributed by atoms with Gasteiger partial charge in [0.1, 0.15) is 0 Å². The molecule has 1 aliphatic heterocycles. The Balaban J connectivity index is 1.62. The molecule has 122 valence electrons. The minimum absolute atomic E-state index is 0.0466. The number of nitrogens with one attached hydrogen (secondary N) is 1. The molecule has 0 saturated heterocycles. The first-order valence-corrected chi connectivity index (χ1v) is 9.21. The van der Waals surface area contributed by atoms with Crippen LogP contribution in [0.25, 0.3) is 0 Å². The smallest absolute Gasteiger partial charge is 0.234 e. The van der Waals surface area contributed by atoms with Crippen LogP contribution in [0.1, 0.15) is 48.4 Å². The highest BCUT2D eigenvalue weighted by Crippen LogP contribution is 2.34. The summed E-state index contributed by atoms with van der Waals surface area (Å²) in [7, 11) is 0. The van der Waals surface area contributed by atoms with Crippen LogP contribution >= 0.6 is 11.3 Å². The van der Waals surface area contributed by atoms with Crippen LogP contribution in [0.5, 0.6) is 0 Å². The van der Waals surface area contributed by atoms with Crippen LogP contribution in [-0.2, 0) is 11.2 Å². The molecule has 0 unspecified atom stereocenters. The first-order chi connectivity index (χ1) is 11.2. The predicted octanol–water partition coefficient (Wildman–Crippen LogP) is 3.93. The number of benzene rings is 1. The van der Waals surface area contributed by atoms with E-state index in [0.29, 0.717) is 12.6 Å². The number of amides is 1. The van der Waals surface area contributed by atoms with Crippen LogP contribution in [0.3, 0.4) is 0 Å². The van der Waals surface area contributed by atoms with Crippen molar-refractivity contribution in [2.24, 2.45) is 0 Å². The number of thiophene rings is 1. The van der Waals surface area contributed by atoms with Crippen molar-refractivity contribution in [3.8, 4) is 0 Å². The maximum absolute atomic E-state index is 12.5. The molecule has 1 aromatic carbocycles. The second kappa shape index (κ2) is 7.28. The molecule has 2 heterocycles. The van der Waals surface area contributed by atoms with Crippen molar-refractivity contribution in [3.05, 3.63) is 57.8 Å². The quantitative estimate of drug-likeness (QED) is 0.902. The van der Waals surface area contributed by atoms with Crippen molar-refractivity contribution in [2.75, 3.05) is 13.1 Å². The van der Waals surface area contributed by atoms with Gasteiger partial charge in [0.2, 0.25) is 5.91 Å². The first kappa shape index (κ1) is 16.2. The summed E-state index contributed by atoms with van der Waals surface area (Å²) in [4.78, 5) is 16.3. The third-order valence-corrected chi connectivity index (χ3v) is 5.61. The molecule has 0 saturated carbocycles. The van der Waals surface area contributed by atoms with Crippen LogP contribution in [0.15, 0.2) is 41.8 Å². The fraction of sp³-hybridized carbons (Fsp3) is 0.421. The summed E-state index contributed by atoms with van der Waals surface area (Å²) in [6.07, 6.45) is 2.11. The molecule has 0 aliphatic carbocycles. The van der Waals surface area contributed by atoms with Crippen molar-refractivity contribution < 1.29 is 4.79 Å². The fourth-order valence-corrected chi connectivity index (χ4v) is 4.34. The van der Waals surface area contributed by atoms with Crippen LogP contribution in [0, 0.1) is 0 Å². The van der Waals surface area contributed by atoms with Gasteiger partial charge in [0.15, 0.2) is 0 Å². The highest BCUT2D eigenvalue weighted by Gasteiger charge is 2.28. The molecule has 1 N–H and O–H groups in total. The van der Waals surface area contributed by atoms with E-state index in [-0.39, 0.29) is 11.9 Å². The summed E-state index contributed by atoms with van der Waals surface area (Å²) in [5.74, 6) is 0.110. The maximum atomic E-state index is 12.5. The Morgan fingerprint density at radius 1 is 1.35 bits per heavy atom. The lowest BCUT2D eigenvalue weighted by Gasteiger charge is -2.35. The molecule has 3 nitrogen and oxygen atoms in total. The molecule has 4 heteroatoms. The number of hydrogen-bond donors (Lipinski definition) is 1. The van der Waals surface area contributed by atoms with Crippen LogP contribution < -0.4 is 5.32 Å². The molecule has 0 fully saturated rings. The lowest BCUT2D eigenvalue weighted by Crippen LogP contribution is -2.42. The summed E-state index contributed by atoms with van der Waals surface area (Å²) in [6.45, 7) is 5.69. The molecule has 1 aromatic heterocycles. The zero-order valence-corrected chi connectivity index (χ0v) is 14.6. The molecule has 1 amide bonds. The minimum atomic E-state index is 0.0466. The Labute approximate surface area is 142 Å². The topological polar surface area (TPSA) is 32.3 Å². The van der Waals surface area contributed by atoms with Crippen LogP contribution in [-0.4, -0.2) is 23.9 Å². The zero-order chi connectivity index (χ0) is 16.2. The Hall–Kier alpha value is -1.65. The predicted molar refractivity (Wildman–Crippen MR) is 95.6 cm³/mol. The molecule has 0 spiro atoms. The second-order valence-corrected chi connectivity index (χ2v) is 7.14. The highest BCUT2D eigenvalue weighted by atomic mass is 32.1. The maximum Gasteiger partial charge on any atom is 0.234 e. The van der Waals surface area contributed by atoms with Gasteiger partial charge >= 0.3 is 0 Å². The highest BCUT2D eigenvalue weighted by molar-refractivity contribution is 7.10. The van der Waals surface area contributed by atoms with Gasteiger partial charge in [-0.1, -0.05) is 37.3 Å². The average molecular weight is 328 g/mol. The number of carbonyl (C=O) groups excluding carboxylic acids is 1. The van der Waals surface area contributed by atoms with E-state index >= 15 is 0 Å². The second-order valence-electron chi connectivity index (χ2n) is 6.14. The van der Waals surface area contributed by atoms with Crippen molar-refractivity contribution in [1.82, 2.24) is 10.2 Å². The molecule has 3 rings (SSSR count). The van der Waals surface area contributed by atoms with E-state index in [2.05, 4.69) is 40.7 Å². The summed E-state index contributed by atoms with van der Waals surface area (Å²) < 4.78 is 0. The van der Waals surface area contributed by atoms with Gasteiger partial charge in [-0.2, -0.15) is 0 Å². The Kier molecular flexibility index (Phi) is 5.13. The Morgan fingerprint density at radius 2 is 2.13 bits per heavy atom. The third kappa shape index (κ3) is 3.65. The normalized spacial score (nSPS) is 19.1. The lowest BCUT2D eigenvalue weighted by atomic mass is 9.98. The third-order valence-electron chi connectivity index (χ3n) is 4.62. The Morgan fingerprint density at radius 3 is 2.87 bits per heavy atom. The Bertz CT molecular complexity index is 652. The van der Waals surface area contributed by atoms with Gasteiger partial charge in [-0.3, -0.25) is 9.69 Å². The standard InChI is InChI=1S/C19H24N2OS/c1-3-17-16-10-12-23-18(16)9-11-21(17)13-19(22)20-14(2)15-7-5-4-6-8-15/h4-8,10,12,14,17H,3,9,11,13H2,1-2H3,(H,20,22)/t14-,17-/m1/s1. The largest absolute Gasteiger partial charge is 0.348 e. The summed E-state index contributed by atoms with van der Waals surface area (Å²) in [6, 6.07) is 12.8. The zero-order valence-electron chi connectivity index (χ0n) is 13.8. The SMILES string of the molecule is CC[C@@H]1c2ccsc2CCN1CC(=O)N[C@H](C)c1ccccc1. The number of rotatable bonds is 5. The minimum Gasteiger partial charge on any atom is -0.348 e. The summed E-state index contributed by atoms with van der Waals surface area (Å²) in [5, 5.41) is 5.30. The van der Waals surface area contributed by atoms with Gasteiger partial charge < -0.3 is 5.32 Å². The van der Waals surface area contributed by atoms with Crippen molar-refractivity contribution in [1.29, 1.82) is 0 Å². The van der Waals surface area contributed by atoms with E-state index < -0.39 is 0 Å². The summed E-state index contributed by atoms with van der Waals surface area (Å²) >= 11 is 1.85. The number of nitrogens with zero attached hydrogens (tertiary/aromatic N) is 1. The van der Waals surface area contributed by atoms with Crippen LogP contribution in [0.4, 0.5) is 0 Å². The van der Waals surface area contributed by atoms with Gasteiger partial charge in [0.25, 0.3) is 0 Å².